The second kappa shape index (κ2) is 13.6. The van der Waals surface area contributed by atoms with E-state index < -0.39 is 0 Å². The van der Waals surface area contributed by atoms with Crippen LogP contribution in [0.1, 0.15) is 63.6 Å². The number of nitrogens with two attached hydrogens (primary N) is 1. The van der Waals surface area contributed by atoms with E-state index in [0.29, 0.717) is 18.4 Å². The van der Waals surface area contributed by atoms with Crippen molar-refractivity contribution in [1.82, 2.24) is 9.80 Å². The number of hydrogen-bond donors (Lipinski definition) is 1. The van der Waals surface area contributed by atoms with E-state index in [2.05, 4.69) is 61.4 Å². The number of benzene rings is 2. The molecule has 36 heavy (non-hydrogen) atoms. The summed E-state index contributed by atoms with van der Waals surface area (Å²) in [6.07, 6.45) is 3.30. The van der Waals surface area contributed by atoms with Crippen molar-refractivity contribution >= 4 is 5.69 Å². The minimum absolute atomic E-state index is 0.457. The van der Waals surface area contributed by atoms with Gasteiger partial charge in [0, 0.05) is 49.9 Å². The fourth-order valence-electron chi connectivity index (χ4n) is 5.21. The lowest BCUT2D eigenvalue weighted by atomic mass is 9.93. The first-order chi connectivity index (χ1) is 17.4. The standard InChI is InChI=1S/C29H41N3O2.C2H6/c1-21(2)17-32(18-24-15-22(3)29-28(16-24)33-13-8-14-34-29)23(4)25-10-7-12-31(19-25)20-26-9-5-6-11-27(26)30;1-2/h5-6,9,11,15-16,21,25H,4,7-8,10,12-14,17-20,30H2,1-3H3;1-2H3. The molecule has 0 radical (unpaired) electrons. The summed E-state index contributed by atoms with van der Waals surface area (Å²) in [6.45, 7) is 21.6. The third-order valence-electron chi connectivity index (χ3n) is 6.88. The molecule has 1 unspecified atom stereocenters. The molecule has 0 aliphatic carbocycles. The number of nitrogen functional groups attached to an aromatic ring is 1. The zero-order valence-electron chi connectivity index (χ0n) is 23.2. The van der Waals surface area contributed by atoms with Crippen molar-refractivity contribution in [3.63, 3.8) is 0 Å². The Bertz CT molecular complexity index is 988. The van der Waals surface area contributed by atoms with Crippen LogP contribution in [0.3, 0.4) is 0 Å². The quantitative estimate of drug-likeness (QED) is 0.417. The molecule has 0 bridgehead atoms. The molecule has 2 N–H and O–H groups in total. The Balaban J connectivity index is 0.00000176. The van der Waals surface area contributed by atoms with Gasteiger partial charge in [-0.15, -0.1) is 0 Å². The molecule has 198 valence electrons. The van der Waals surface area contributed by atoms with Gasteiger partial charge in [0.1, 0.15) is 0 Å². The molecule has 0 saturated carbocycles. The topological polar surface area (TPSA) is 51.0 Å². The SMILES string of the molecule is C=C(C1CCCN(Cc2ccccc2N)C1)N(Cc1cc(C)c2c(c1)OCCCO2)CC(C)C.CC. The van der Waals surface area contributed by atoms with Crippen LogP contribution in [-0.4, -0.2) is 42.6 Å². The van der Waals surface area contributed by atoms with Crippen LogP contribution in [0.25, 0.3) is 0 Å². The van der Waals surface area contributed by atoms with Crippen molar-refractivity contribution < 1.29 is 9.47 Å². The fourth-order valence-corrected chi connectivity index (χ4v) is 5.21. The predicted octanol–water partition coefficient (Wildman–Crippen LogP) is 6.65. The highest BCUT2D eigenvalue weighted by Gasteiger charge is 2.26. The Morgan fingerprint density at radius 2 is 1.89 bits per heavy atom. The molecular weight excluding hydrogens is 446 g/mol. The largest absolute Gasteiger partial charge is 0.490 e. The van der Waals surface area contributed by atoms with Gasteiger partial charge in [0.2, 0.25) is 0 Å². The second-order valence-electron chi connectivity index (χ2n) is 10.3. The van der Waals surface area contributed by atoms with Gasteiger partial charge in [-0.2, -0.15) is 0 Å². The van der Waals surface area contributed by atoms with Crippen LogP contribution in [0.4, 0.5) is 5.69 Å². The molecule has 4 rings (SSSR count). The molecule has 1 saturated heterocycles. The summed E-state index contributed by atoms with van der Waals surface area (Å²) in [7, 11) is 0. The third-order valence-corrected chi connectivity index (χ3v) is 6.88. The summed E-state index contributed by atoms with van der Waals surface area (Å²) in [5.41, 5.74) is 12.0. The van der Waals surface area contributed by atoms with E-state index in [0.717, 1.165) is 68.5 Å². The molecule has 1 atom stereocenters. The monoisotopic (exact) mass is 493 g/mol. The molecule has 0 spiro atoms. The number of aryl methyl sites for hydroxylation is 1. The van der Waals surface area contributed by atoms with Crippen molar-refractivity contribution in [1.29, 1.82) is 0 Å². The minimum Gasteiger partial charge on any atom is -0.490 e. The van der Waals surface area contributed by atoms with E-state index >= 15 is 0 Å². The van der Waals surface area contributed by atoms with Gasteiger partial charge in [-0.3, -0.25) is 4.90 Å². The minimum atomic E-state index is 0.457. The fraction of sp³-hybridized carbons (Fsp3) is 0.548. The van der Waals surface area contributed by atoms with E-state index in [-0.39, 0.29) is 0 Å². The van der Waals surface area contributed by atoms with E-state index in [4.69, 9.17) is 15.2 Å². The first kappa shape index (κ1) is 27.9. The first-order valence-electron chi connectivity index (χ1n) is 13.8. The van der Waals surface area contributed by atoms with Crippen molar-refractivity contribution in [2.45, 2.75) is 67.0 Å². The van der Waals surface area contributed by atoms with Crippen LogP contribution < -0.4 is 15.2 Å². The Kier molecular flexibility index (Phi) is 10.5. The van der Waals surface area contributed by atoms with Crippen molar-refractivity contribution in [3.8, 4) is 11.5 Å². The molecule has 0 amide bonds. The average Bonchev–Trinajstić information content (AvgIpc) is 3.12. The van der Waals surface area contributed by atoms with Crippen LogP contribution in [-0.2, 0) is 13.1 Å². The molecule has 0 aromatic heterocycles. The van der Waals surface area contributed by atoms with Gasteiger partial charge in [0.15, 0.2) is 11.5 Å². The van der Waals surface area contributed by atoms with Crippen LogP contribution in [0.2, 0.25) is 0 Å². The first-order valence-corrected chi connectivity index (χ1v) is 13.8. The summed E-state index contributed by atoms with van der Waals surface area (Å²) in [5.74, 6) is 2.80. The zero-order chi connectivity index (χ0) is 26.1. The Morgan fingerprint density at radius 3 is 2.64 bits per heavy atom. The summed E-state index contributed by atoms with van der Waals surface area (Å²) < 4.78 is 12.0. The lowest BCUT2D eigenvalue weighted by molar-refractivity contribution is 0.155. The molecule has 2 aliphatic heterocycles. The lowest BCUT2D eigenvalue weighted by Crippen LogP contribution is -2.40. The van der Waals surface area contributed by atoms with E-state index in [1.165, 1.54) is 29.7 Å². The molecule has 2 heterocycles. The van der Waals surface area contributed by atoms with Gasteiger partial charge in [0.05, 0.1) is 13.2 Å². The number of likely N-dealkylation sites (tertiary alicyclic amines) is 1. The number of piperidine rings is 1. The third kappa shape index (κ3) is 7.42. The maximum absolute atomic E-state index is 6.22. The molecule has 2 aliphatic rings. The van der Waals surface area contributed by atoms with Crippen LogP contribution in [0.5, 0.6) is 11.5 Å². The van der Waals surface area contributed by atoms with E-state index in [1.54, 1.807) is 0 Å². The number of para-hydroxylation sites is 1. The van der Waals surface area contributed by atoms with Gasteiger partial charge < -0.3 is 20.1 Å². The van der Waals surface area contributed by atoms with Gasteiger partial charge in [-0.05, 0) is 61.1 Å². The highest BCUT2D eigenvalue weighted by molar-refractivity contribution is 5.49. The van der Waals surface area contributed by atoms with Crippen molar-refractivity contribution in [3.05, 3.63) is 65.4 Å². The van der Waals surface area contributed by atoms with E-state index in [1.807, 2.05) is 26.0 Å². The number of nitrogens with zero attached hydrogens (tertiary/aromatic N) is 2. The maximum Gasteiger partial charge on any atom is 0.164 e. The smallest absolute Gasteiger partial charge is 0.164 e. The highest BCUT2D eigenvalue weighted by Crippen LogP contribution is 2.36. The molecule has 2 aromatic rings. The van der Waals surface area contributed by atoms with Crippen molar-refractivity contribution in [2.75, 3.05) is 38.6 Å². The van der Waals surface area contributed by atoms with Crippen LogP contribution >= 0.6 is 0 Å². The van der Waals surface area contributed by atoms with Crippen LogP contribution in [0.15, 0.2) is 48.7 Å². The maximum atomic E-state index is 6.22. The highest BCUT2D eigenvalue weighted by atomic mass is 16.5. The molecule has 5 nitrogen and oxygen atoms in total. The molecule has 2 aromatic carbocycles. The van der Waals surface area contributed by atoms with Gasteiger partial charge in [0.25, 0.3) is 0 Å². The zero-order valence-corrected chi connectivity index (χ0v) is 23.2. The second-order valence-corrected chi connectivity index (χ2v) is 10.3. The number of ether oxygens (including phenoxy) is 2. The Labute approximate surface area is 219 Å². The summed E-state index contributed by atoms with van der Waals surface area (Å²) in [5, 5.41) is 0. The number of fused-ring (bicyclic) bond motifs is 1. The molecular formula is C31H47N3O2. The van der Waals surface area contributed by atoms with E-state index in [9.17, 15) is 0 Å². The average molecular weight is 494 g/mol. The van der Waals surface area contributed by atoms with Crippen LogP contribution in [0, 0.1) is 18.8 Å². The van der Waals surface area contributed by atoms with Gasteiger partial charge in [-0.25, -0.2) is 0 Å². The summed E-state index contributed by atoms with van der Waals surface area (Å²) in [4.78, 5) is 5.03. The lowest BCUT2D eigenvalue weighted by Gasteiger charge is -2.39. The molecule has 1 fully saturated rings. The number of anilines is 1. The number of rotatable bonds is 8. The number of hydrogen-bond acceptors (Lipinski definition) is 5. The summed E-state index contributed by atoms with van der Waals surface area (Å²) >= 11 is 0. The molecule has 5 heteroatoms. The van der Waals surface area contributed by atoms with Gasteiger partial charge >= 0.3 is 0 Å². The summed E-state index contributed by atoms with van der Waals surface area (Å²) in [6, 6.07) is 12.6. The van der Waals surface area contributed by atoms with Gasteiger partial charge in [-0.1, -0.05) is 58.5 Å². The normalized spacial score (nSPS) is 17.7. The van der Waals surface area contributed by atoms with Crippen molar-refractivity contribution in [2.24, 2.45) is 11.8 Å². The Morgan fingerprint density at radius 1 is 1.14 bits per heavy atom. The Hall–Kier alpha value is -2.66. The predicted molar refractivity (Wildman–Crippen MR) is 151 cm³/mol.